The zero-order chi connectivity index (χ0) is 18.1. The first kappa shape index (κ1) is 16.2. The van der Waals surface area contributed by atoms with Crippen LogP contribution in [0.4, 0.5) is 5.82 Å². The van der Waals surface area contributed by atoms with Crippen molar-refractivity contribution in [2.45, 2.75) is 31.6 Å². The monoisotopic (exact) mass is 347 g/mol. The van der Waals surface area contributed by atoms with Gasteiger partial charge in [0.25, 0.3) is 0 Å². The lowest BCUT2D eigenvalue weighted by atomic mass is 10.1. The number of carbonyl (C=O) groups is 1. The Morgan fingerprint density at radius 3 is 2.92 bits per heavy atom. The highest BCUT2D eigenvalue weighted by atomic mass is 16.5. The van der Waals surface area contributed by atoms with E-state index < -0.39 is 0 Å². The molecule has 1 amide bonds. The zero-order valence-electron chi connectivity index (χ0n) is 14.3. The number of fused-ring (bicyclic) bond motifs is 1. The van der Waals surface area contributed by atoms with Crippen molar-refractivity contribution < 1.29 is 9.32 Å². The van der Waals surface area contributed by atoms with Crippen molar-refractivity contribution in [3.8, 4) is 6.07 Å². The Morgan fingerprint density at radius 1 is 1.35 bits per heavy atom. The van der Waals surface area contributed by atoms with Gasteiger partial charge in [0.1, 0.15) is 5.82 Å². The number of rotatable bonds is 5. The average molecular weight is 347 g/mol. The van der Waals surface area contributed by atoms with Gasteiger partial charge in [-0.1, -0.05) is 23.4 Å². The first-order valence-electron chi connectivity index (χ1n) is 8.54. The molecule has 0 aliphatic heterocycles. The van der Waals surface area contributed by atoms with Crippen LogP contribution in [0.5, 0.6) is 0 Å². The molecule has 1 aromatic carbocycles. The Hall–Kier alpha value is -3.27. The summed E-state index contributed by atoms with van der Waals surface area (Å²) in [6, 6.07) is 11.2. The van der Waals surface area contributed by atoms with Crippen LogP contribution >= 0.6 is 0 Å². The van der Waals surface area contributed by atoms with Crippen molar-refractivity contribution in [1.82, 2.24) is 15.1 Å². The Kier molecular flexibility index (Phi) is 4.09. The number of carbonyl (C=O) groups excluding carboxylic acids is 1. The Balaban J connectivity index is 1.49. The predicted octanol–water partition coefficient (Wildman–Crippen LogP) is 2.96. The fourth-order valence-corrected chi connectivity index (χ4v) is 2.81. The Bertz CT molecular complexity index is 1020. The van der Waals surface area contributed by atoms with E-state index in [0.717, 1.165) is 24.1 Å². The first-order valence-corrected chi connectivity index (χ1v) is 8.54. The fourth-order valence-electron chi connectivity index (χ4n) is 2.81. The third-order valence-electron chi connectivity index (χ3n) is 4.52. The molecule has 2 aromatic heterocycles. The van der Waals surface area contributed by atoms with Crippen LogP contribution in [0.3, 0.4) is 0 Å². The first-order chi connectivity index (χ1) is 12.7. The molecule has 0 unspecified atom stereocenters. The van der Waals surface area contributed by atoms with Crippen LogP contribution in [0.2, 0.25) is 0 Å². The quantitative estimate of drug-likeness (QED) is 0.704. The minimum Gasteiger partial charge on any atom is -0.339 e. The number of para-hydroxylation sites is 1. The summed E-state index contributed by atoms with van der Waals surface area (Å²) in [7, 11) is 1.66. The number of benzene rings is 1. The van der Waals surface area contributed by atoms with E-state index in [2.05, 4.69) is 21.2 Å². The average Bonchev–Trinajstić information content (AvgIpc) is 3.42. The summed E-state index contributed by atoms with van der Waals surface area (Å²) in [6.07, 6.45) is 2.84. The lowest BCUT2D eigenvalue weighted by Crippen LogP contribution is -2.27. The van der Waals surface area contributed by atoms with E-state index >= 15 is 0 Å². The molecule has 0 atom stereocenters. The van der Waals surface area contributed by atoms with E-state index in [4.69, 9.17) is 4.52 Å². The van der Waals surface area contributed by atoms with E-state index in [1.54, 1.807) is 13.1 Å². The second-order valence-corrected chi connectivity index (χ2v) is 6.43. The summed E-state index contributed by atoms with van der Waals surface area (Å²) in [6.45, 7) is 0. The minimum atomic E-state index is -0.122. The van der Waals surface area contributed by atoms with E-state index in [0.29, 0.717) is 35.1 Å². The highest BCUT2D eigenvalue weighted by molar-refractivity contribution is 5.94. The summed E-state index contributed by atoms with van der Waals surface area (Å²) in [4.78, 5) is 22.8. The van der Waals surface area contributed by atoms with Gasteiger partial charge in [-0.2, -0.15) is 10.2 Å². The van der Waals surface area contributed by atoms with Crippen LogP contribution in [0, 0.1) is 11.3 Å². The molecule has 1 saturated carbocycles. The summed E-state index contributed by atoms with van der Waals surface area (Å²) < 4.78 is 5.21. The van der Waals surface area contributed by atoms with Crippen molar-refractivity contribution in [3.05, 3.63) is 47.6 Å². The maximum Gasteiger partial charge on any atom is 0.228 e. The number of nitriles is 1. The highest BCUT2D eigenvalue weighted by Crippen LogP contribution is 2.38. The number of anilines is 1. The molecule has 1 aliphatic carbocycles. The van der Waals surface area contributed by atoms with Crippen LogP contribution in [0.1, 0.15) is 42.5 Å². The molecule has 7 nitrogen and oxygen atoms in total. The molecule has 4 rings (SSSR count). The van der Waals surface area contributed by atoms with E-state index in [9.17, 15) is 10.1 Å². The lowest BCUT2D eigenvalue weighted by Gasteiger charge is -2.17. The smallest absolute Gasteiger partial charge is 0.228 e. The number of nitrogens with zero attached hydrogens (tertiary/aromatic N) is 5. The summed E-state index contributed by atoms with van der Waals surface area (Å²) in [5.74, 6) is 1.99. The number of hydrogen-bond acceptors (Lipinski definition) is 6. The van der Waals surface area contributed by atoms with Crippen molar-refractivity contribution in [3.63, 3.8) is 0 Å². The molecule has 26 heavy (non-hydrogen) atoms. The highest BCUT2D eigenvalue weighted by Gasteiger charge is 2.28. The third kappa shape index (κ3) is 3.14. The van der Waals surface area contributed by atoms with E-state index in [1.165, 1.54) is 4.90 Å². The van der Waals surface area contributed by atoms with Gasteiger partial charge in [0, 0.05) is 31.2 Å². The topological polar surface area (TPSA) is 95.9 Å². The SMILES string of the molecule is CN(C(=O)CCc1nc(C2CC2)no1)c1cc(C#N)c2ccccc2n1. The normalized spacial score (nSPS) is 13.5. The molecule has 0 saturated heterocycles. The van der Waals surface area contributed by atoms with Gasteiger partial charge in [-0.15, -0.1) is 0 Å². The Labute approximate surface area is 150 Å². The molecule has 7 heteroatoms. The summed E-state index contributed by atoms with van der Waals surface area (Å²) in [5, 5.41) is 14.1. The molecular weight excluding hydrogens is 330 g/mol. The predicted molar refractivity (Wildman–Crippen MR) is 94.5 cm³/mol. The van der Waals surface area contributed by atoms with Gasteiger partial charge >= 0.3 is 0 Å². The van der Waals surface area contributed by atoms with Gasteiger partial charge in [0.15, 0.2) is 5.82 Å². The molecule has 0 N–H and O–H groups in total. The number of aromatic nitrogens is 3. The van der Waals surface area contributed by atoms with Gasteiger partial charge in [0.05, 0.1) is 17.1 Å². The maximum absolute atomic E-state index is 12.5. The van der Waals surface area contributed by atoms with Gasteiger partial charge < -0.3 is 4.52 Å². The van der Waals surface area contributed by atoms with Crippen molar-refractivity contribution in [1.29, 1.82) is 5.26 Å². The second kappa shape index (κ2) is 6.56. The molecule has 0 spiro atoms. The van der Waals surface area contributed by atoms with Crippen molar-refractivity contribution in [2.24, 2.45) is 0 Å². The van der Waals surface area contributed by atoms with E-state index in [-0.39, 0.29) is 12.3 Å². The summed E-state index contributed by atoms with van der Waals surface area (Å²) >= 11 is 0. The minimum absolute atomic E-state index is 0.122. The van der Waals surface area contributed by atoms with Crippen LogP contribution in [-0.2, 0) is 11.2 Å². The largest absolute Gasteiger partial charge is 0.339 e. The molecule has 0 radical (unpaired) electrons. The van der Waals surface area contributed by atoms with Crippen LogP contribution in [0.15, 0.2) is 34.9 Å². The molecule has 3 aromatic rings. The van der Waals surface area contributed by atoms with Gasteiger partial charge in [0.2, 0.25) is 11.8 Å². The van der Waals surface area contributed by atoms with Crippen molar-refractivity contribution >= 4 is 22.6 Å². The fraction of sp³-hybridized carbons (Fsp3) is 0.316. The van der Waals surface area contributed by atoms with Crippen LogP contribution in [0.25, 0.3) is 10.9 Å². The van der Waals surface area contributed by atoms with Gasteiger partial charge in [-0.3, -0.25) is 9.69 Å². The van der Waals surface area contributed by atoms with Crippen LogP contribution in [-0.4, -0.2) is 28.1 Å². The molecule has 2 heterocycles. The second-order valence-electron chi connectivity index (χ2n) is 6.43. The third-order valence-corrected chi connectivity index (χ3v) is 4.52. The lowest BCUT2D eigenvalue weighted by molar-refractivity contribution is -0.118. The number of amides is 1. The Morgan fingerprint density at radius 2 is 2.15 bits per heavy atom. The number of hydrogen-bond donors (Lipinski definition) is 0. The van der Waals surface area contributed by atoms with Gasteiger partial charge in [-0.05, 0) is 25.0 Å². The molecular formula is C19H17N5O2. The van der Waals surface area contributed by atoms with Gasteiger partial charge in [-0.25, -0.2) is 4.98 Å². The van der Waals surface area contributed by atoms with E-state index in [1.807, 2.05) is 24.3 Å². The van der Waals surface area contributed by atoms with Crippen molar-refractivity contribution in [2.75, 3.05) is 11.9 Å². The van der Waals surface area contributed by atoms with Crippen LogP contribution < -0.4 is 4.90 Å². The summed E-state index contributed by atoms with van der Waals surface area (Å²) in [5.41, 5.74) is 1.18. The standard InChI is InChI=1S/C19H17N5O2/c1-24(16-10-13(11-20)14-4-2-3-5-15(14)21-16)18(25)9-8-17-22-19(23-26-17)12-6-7-12/h2-5,10,12H,6-9H2,1H3. The zero-order valence-corrected chi connectivity index (χ0v) is 14.3. The number of aryl methyl sites for hydroxylation is 1. The molecule has 130 valence electrons. The number of pyridine rings is 1. The molecule has 0 bridgehead atoms. The molecule has 1 fully saturated rings. The molecule has 1 aliphatic rings. The maximum atomic E-state index is 12.5.